The predicted molar refractivity (Wildman–Crippen MR) is 52.6 cm³/mol. The van der Waals surface area contributed by atoms with Gasteiger partial charge in [0.15, 0.2) is 0 Å². The van der Waals surface area contributed by atoms with Gasteiger partial charge in [0.05, 0.1) is 6.54 Å². The van der Waals surface area contributed by atoms with Crippen LogP contribution < -0.4 is 5.32 Å². The zero-order valence-corrected chi connectivity index (χ0v) is 8.97. The molecule has 1 heterocycles. The lowest BCUT2D eigenvalue weighted by atomic mass is 10.1. The van der Waals surface area contributed by atoms with E-state index < -0.39 is 0 Å². The minimum Gasteiger partial charge on any atom is -0.304 e. The van der Waals surface area contributed by atoms with Gasteiger partial charge in [-0.3, -0.25) is 4.68 Å². The van der Waals surface area contributed by atoms with E-state index in [2.05, 4.69) is 29.2 Å². The van der Waals surface area contributed by atoms with Crippen molar-refractivity contribution in [1.29, 1.82) is 0 Å². The molecule has 1 N–H and O–H groups in total. The van der Waals surface area contributed by atoms with Gasteiger partial charge in [-0.1, -0.05) is 0 Å². The van der Waals surface area contributed by atoms with Crippen LogP contribution in [0.1, 0.15) is 19.7 Å². The highest BCUT2D eigenvalue weighted by molar-refractivity contribution is 6.18. The molecule has 0 saturated carbocycles. The lowest BCUT2D eigenvalue weighted by Gasteiger charge is -2.22. The molecule has 4 nitrogen and oxygen atoms in total. The molecule has 1 aromatic heterocycles. The van der Waals surface area contributed by atoms with Gasteiger partial charge in [-0.25, -0.2) is 4.98 Å². The summed E-state index contributed by atoms with van der Waals surface area (Å²) in [6, 6.07) is 0. The van der Waals surface area contributed by atoms with E-state index in [4.69, 9.17) is 11.6 Å². The summed E-state index contributed by atoms with van der Waals surface area (Å²) in [5.74, 6) is 1.49. The van der Waals surface area contributed by atoms with Crippen molar-refractivity contribution >= 4 is 11.6 Å². The molecule has 5 heteroatoms. The van der Waals surface area contributed by atoms with Crippen LogP contribution in [-0.2, 0) is 13.6 Å². The molecule has 0 unspecified atom stereocenters. The number of nitrogens with one attached hydrogen (secondary N) is 1. The third kappa shape index (κ3) is 2.97. The van der Waals surface area contributed by atoms with Crippen molar-refractivity contribution in [2.45, 2.75) is 25.9 Å². The topological polar surface area (TPSA) is 42.7 Å². The van der Waals surface area contributed by atoms with Gasteiger partial charge >= 0.3 is 0 Å². The Morgan fingerprint density at radius 1 is 1.62 bits per heavy atom. The lowest BCUT2D eigenvalue weighted by Crippen LogP contribution is -2.40. The Kier molecular flexibility index (Phi) is 3.27. The van der Waals surface area contributed by atoms with Crippen LogP contribution in [0, 0.1) is 0 Å². The third-order valence-electron chi connectivity index (χ3n) is 1.86. The summed E-state index contributed by atoms with van der Waals surface area (Å²) < 4.78 is 1.75. The Balaban J connectivity index is 2.48. The monoisotopic (exact) mass is 202 g/mol. The molecule has 0 radical (unpaired) electrons. The van der Waals surface area contributed by atoms with E-state index in [1.54, 1.807) is 11.0 Å². The van der Waals surface area contributed by atoms with Gasteiger partial charge in [0.2, 0.25) is 0 Å². The molecule has 0 aliphatic heterocycles. The molecule has 1 rings (SSSR count). The van der Waals surface area contributed by atoms with Gasteiger partial charge in [0, 0.05) is 18.5 Å². The zero-order valence-electron chi connectivity index (χ0n) is 8.21. The molecular formula is C8H15ClN4. The third-order valence-corrected chi connectivity index (χ3v) is 2.53. The number of alkyl halides is 1. The quantitative estimate of drug-likeness (QED) is 0.739. The molecule has 74 valence electrons. The second-order valence-electron chi connectivity index (χ2n) is 3.67. The van der Waals surface area contributed by atoms with E-state index in [0.29, 0.717) is 12.4 Å². The lowest BCUT2D eigenvalue weighted by molar-refractivity contribution is 0.417. The number of nitrogens with zero attached hydrogens (tertiary/aromatic N) is 3. The maximum absolute atomic E-state index is 5.77. The van der Waals surface area contributed by atoms with Crippen LogP contribution in [-0.4, -0.2) is 26.2 Å². The first kappa shape index (κ1) is 10.5. The van der Waals surface area contributed by atoms with Gasteiger partial charge < -0.3 is 5.32 Å². The number of halogens is 1. The van der Waals surface area contributed by atoms with Crippen molar-refractivity contribution in [1.82, 2.24) is 20.1 Å². The highest BCUT2D eigenvalue weighted by Gasteiger charge is 2.15. The second-order valence-corrected chi connectivity index (χ2v) is 3.94. The van der Waals surface area contributed by atoms with E-state index in [9.17, 15) is 0 Å². The van der Waals surface area contributed by atoms with E-state index in [-0.39, 0.29) is 5.54 Å². The summed E-state index contributed by atoms with van der Waals surface area (Å²) >= 11 is 5.77. The molecular weight excluding hydrogens is 188 g/mol. The minimum absolute atomic E-state index is 0.0620. The van der Waals surface area contributed by atoms with Gasteiger partial charge in [0.25, 0.3) is 0 Å². The van der Waals surface area contributed by atoms with Crippen molar-refractivity contribution in [3.05, 3.63) is 12.2 Å². The van der Waals surface area contributed by atoms with Crippen LogP contribution in [0.4, 0.5) is 0 Å². The molecule has 0 saturated heterocycles. The fourth-order valence-corrected chi connectivity index (χ4v) is 0.940. The fourth-order valence-electron chi connectivity index (χ4n) is 0.846. The van der Waals surface area contributed by atoms with E-state index in [1.807, 2.05) is 7.05 Å². The van der Waals surface area contributed by atoms with Crippen molar-refractivity contribution in [3.8, 4) is 0 Å². The van der Waals surface area contributed by atoms with Gasteiger partial charge in [-0.05, 0) is 13.8 Å². The van der Waals surface area contributed by atoms with Crippen LogP contribution in [0.3, 0.4) is 0 Å². The first-order chi connectivity index (χ1) is 6.05. The van der Waals surface area contributed by atoms with E-state index >= 15 is 0 Å². The van der Waals surface area contributed by atoms with Crippen molar-refractivity contribution < 1.29 is 0 Å². The molecule has 13 heavy (non-hydrogen) atoms. The molecule has 0 aliphatic carbocycles. The SMILES string of the molecule is Cn1ncnc1CNC(C)(C)CCl. The zero-order chi connectivity index (χ0) is 9.90. The maximum Gasteiger partial charge on any atom is 0.140 e. The fraction of sp³-hybridized carbons (Fsp3) is 0.750. The minimum atomic E-state index is -0.0620. The summed E-state index contributed by atoms with van der Waals surface area (Å²) in [5.41, 5.74) is -0.0620. The highest BCUT2D eigenvalue weighted by atomic mass is 35.5. The number of aromatic nitrogens is 3. The molecule has 0 atom stereocenters. The Morgan fingerprint density at radius 2 is 2.31 bits per heavy atom. The Labute approximate surface area is 83.3 Å². The summed E-state index contributed by atoms with van der Waals surface area (Å²) in [6.45, 7) is 4.79. The molecule has 0 spiro atoms. The Bertz CT molecular complexity index is 269. The Hall–Kier alpha value is -0.610. The predicted octanol–water partition coefficient (Wildman–Crippen LogP) is 0.922. The standard InChI is InChI=1S/C8H15ClN4/c1-8(2,5-9)11-4-7-10-6-12-13(7)3/h6,11H,4-5H2,1-3H3. The van der Waals surface area contributed by atoms with E-state index in [1.165, 1.54) is 0 Å². The molecule has 0 amide bonds. The van der Waals surface area contributed by atoms with Crippen LogP contribution in [0.2, 0.25) is 0 Å². The molecule has 0 aliphatic rings. The average molecular weight is 203 g/mol. The average Bonchev–Trinajstić information content (AvgIpc) is 2.48. The van der Waals surface area contributed by atoms with Crippen LogP contribution in [0.25, 0.3) is 0 Å². The molecule has 0 fully saturated rings. The molecule has 0 aromatic carbocycles. The second kappa shape index (κ2) is 4.07. The first-order valence-corrected chi connectivity index (χ1v) is 4.72. The maximum atomic E-state index is 5.77. The van der Waals surface area contributed by atoms with Crippen LogP contribution >= 0.6 is 11.6 Å². The summed E-state index contributed by atoms with van der Waals surface area (Å²) in [7, 11) is 1.87. The van der Waals surface area contributed by atoms with E-state index in [0.717, 1.165) is 5.82 Å². The number of aryl methyl sites for hydroxylation is 1. The number of rotatable bonds is 4. The van der Waals surface area contributed by atoms with Gasteiger partial charge in [0.1, 0.15) is 12.2 Å². The number of hydrogen-bond donors (Lipinski definition) is 1. The largest absolute Gasteiger partial charge is 0.304 e. The normalized spacial score (nSPS) is 12.0. The highest BCUT2D eigenvalue weighted by Crippen LogP contribution is 2.05. The summed E-state index contributed by atoms with van der Waals surface area (Å²) in [6.07, 6.45) is 1.55. The summed E-state index contributed by atoms with van der Waals surface area (Å²) in [5, 5.41) is 7.27. The Morgan fingerprint density at radius 3 is 2.77 bits per heavy atom. The van der Waals surface area contributed by atoms with Crippen molar-refractivity contribution in [2.24, 2.45) is 7.05 Å². The molecule has 1 aromatic rings. The van der Waals surface area contributed by atoms with Crippen LogP contribution in [0.15, 0.2) is 6.33 Å². The van der Waals surface area contributed by atoms with Crippen molar-refractivity contribution in [3.63, 3.8) is 0 Å². The smallest absolute Gasteiger partial charge is 0.140 e. The summed E-state index contributed by atoms with van der Waals surface area (Å²) in [4.78, 5) is 4.10. The first-order valence-electron chi connectivity index (χ1n) is 4.19. The van der Waals surface area contributed by atoms with Gasteiger partial charge in [-0.2, -0.15) is 5.10 Å². The number of hydrogen-bond acceptors (Lipinski definition) is 3. The van der Waals surface area contributed by atoms with Gasteiger partial charge in [-0.15, -0.1) is 11.6 Å². The van der Waals surface area contributed by atoms with Crippen molar-refractivity contribution in [2.75, 3.05) is 5.88 Å². The van der Waals surface area contributed by atoms with Crippen LogP contribution in [0.5, 0.6) is 0 Å². The molecule has 0 bridgehead atoms.